The Morgan fingerprint density at radius 2 is 1.89 bits per heavy atom. The minimum atomic E-state index is -3.72. The molecule has 9 heteroatoms. The molecule has 38 heavy (non-hydrogen) atoms. The number of carbonyl (C=O) groups is 1. The molecule has 202 valence electrons. The Hall–Kier alpha value is -2.88. The fourth-order valence-electron chi connectivity index (χ4n) is 6.58. The summed E-state index contributed by atoms with van der Waals surface area (Å²) in [5.74, 6) is 1.15. The van der Waals surface area contributed by atoms with Gasteiger partial charge in [0.05, 0.1) is 24.2 Å². The van der Waals surface area contributed by atoms with E-state index in [9.17, 15) is 18.3 Å². The summed E-state index contributed by atoms with van der Waals surface area (Å²) in [4.78, 5) is 15.2. The lowest BCUT2D eigenvalue weighted by Gasteiger charge is -2.35. The van der Waals surface area contributed by atoms with E-state index in [1.807, 2.05) is 12.1 Å². The molecule has 8 nitrogen and oxygen atoms in total. The number of aliphatic hydroxyl groups excluding tert-OH is 1. The number of aliphatic hydroxyl groups is 1. The zero-order chi connectivity index (χ0) is 26.5. The maximum Gasteiger partial charge on any atom is 0.269 e. The third kappa shape index (κ3) is 4.03. The molecule has 0 saturated carbocycles. The average Bonchev–Trinajstić information content (AvgIpc) is 3.26. The van der Waals surface area contributed by atoms with Gasteiger partial charge in [-0.05, 0) is 56.1 Å². The van der Waals surface area contributed by atoms with E-state index >= 15 is 0 Å². The van der Waals surface area contributed by atoms with Gasteiger partial charge in [-0.25, -0.2) is 12.7 Å². The lowest BCUT2D eigenvalue weighted by molar-refractivity contribution is 0.0809. The van der Waals surface area contributed by atoms with Crippen LogP contribution in [-0.2, 0) is 22.0 Å². The fourth-order valence-corrected chi connectivity index (χ4v) is 8.19. The number of amides is 1. The van der Waals surface area contributed by atoms with E-state index in [0.717, 1.165) is 61.1 Å². The van der Waals surface area contributed by atoms with Crippen molar-refractivity contribution < 1.29 is 27.8 Å². The molecule has 1 aliphatic carbocycles. The van der Waals surface area contributed by atoms with Crippen LogP contribution in [-0.4, -0.2) is 67.6 Å². The van der Waals surface area contributed by atoms with Crippen molar-refractivity contribution in [3.63, 3.8) is 0 Å². The van der Waals surface area contributed by atoms with Crippen LogP contribution in [0.4, 0.5) is 0 Å². The molecule has 2 aromatic carbocycles. The zero-order valence-corrected chi connectivity index (χ0v) is 22.5. The van der Waals surface area contributed by atoms with E-state index < -0.39 is 22.0 Å². The van der Waals surface area contributed by atoms with Crippen LogP contribution in [0.25, 0.3) is 0 Å². The molecule has 0 bridgehead atoms. The van der Waals surface area contributed by atoms with Crippen LogP contribution in [0.1, 0.15) is 60.0 Å². The number of benzene rings is 2. The first kappa shape index (κ1) is 25.4. The highest BCUT2D eigenvalue weighted by atomic mass is 32.2. The number of hydrogen-bond donors (Lipinski definition) is 1. The number of ether oxygens (including phenoxy) is 2. The summed E-state index contributed by atoms with van der Waals surface area (Å²) < 4.78 is 38.5. The molecule has 3 aliphatic heterocycles. The zero-order valence-electron chi connectivity index (χ0n) is 21.6. The second-order valence-electron chi connectivity index (χ2n) is 10.8. The van der Waals surface area contributed by atoms with E-state index in [1.165, 1.54) is 17.2 Å². The Bertz CT molecular complexity index is 1390. The van der Waals surface area contributed by atoms with E-state index in [-0.39, 0.29) is 28.5 Å². The molecule has 2 aromatic rings. The van der Waals surface area contributed by atoms with Gasteiger partial charge in [0.15, 0.2) is 11.5 Å². The fraction of sp³-hybridized carbons (Fsp3) is 0.483. The van der Waals surface area contributed by atoms with E-state index in [4.69, 9.17) is 9.47 Å². The van der Waals surface area contributed by atoms with Crippen molar-refractivity contribution in [2.24, 2.45) is 0 Å². The van der Waals surface area contributed by atoms with Crippen LogP contribution in [0.5, 0.6) is 11.5 Å². The Balaban J connectivity index is 1.06. The van der Waals surface area contributed by atoms with Crippen LogP contribution in [0.2, 0.25) is 0 Å². The van der Waals surface area contributed by atoms with E-state index in [1.54, 1.807) is 25.3 Å². The van der Waals surface area contributed by atoms with Gasteiger partial charge in [-0.15, -0.1) is 0 Å². The first-order valence-electron chi connectivity index (χ1n) is 13.5. The molecule has 0 saturated heterocycles. The van der Waals surface area contributed by atoms with E-state index in [0.29, 0.717) is 12.8 Å². The van der Waals surface area contributed by atoms with Gasteiger partial charge in [-0.2, -0.15) is 0 Å². The number of rotatable bonds is 8. The standard InChI is InChI=1S/C29H34N2O6S/c1-36-23-11-10-20-19-30(17-14-29-13-12-21(32)18-25(29)37-27(23)26(20)29)15-6-2-3-7-16-31-28(33)22-8-4-5-9-24(22)38(31,34)35/h4-5,8-13,21,25,32H,2-3,6-7,14-19H2,1H3. The normalized spacial score (nSPS) is 26.9. The van der Waals surface area contributed by atoms with Crippen LogP contribution >= 0.6 is 0 Å². The van der Waals surface area contributed by atoms with Crippen LogP contribution < -0.4 is 9.47 Å². The Morgan fingerprint density at radius 3 is 2.68 bits per heavy atom. The summed E-state index contributed by atoms with van der Waals surface area (Å²) in [6.45, 7) is 2.93. The minimum absolute atomic E-state index is 0.0942. The van der Waals surface area contributed by atoms with Crippen LogP contribution in [0.15, 0.2) is 53.4 Å². The topological polar surface area (TPSA) is 96.4 Å². The number of carbonyl (C=O) groups excluding carboxylic acids is 1. The minimum Gasteiger partial charge on any atom is -0.493 e. The number of sulfonamides is 1. The molecule has 0 radical (unpaired) electrons. The summed E-state index contributed by atoms with van der Waals surface area (Å²) in [7, 11) is -2.06. The predicted octanol–water partition coefficient (Wildman–Crippen LogP) is 3.63. The van der Waals surface area contributed by atoms with Crippen molar-refractivity contribution in [3.8, 4) is 11.5 Å². The van der Waals surface area contributed by atoms with Gasteiger partial charge in [-0.3, -0.25) is 9.69 Å². The summed E-state index contributed by atoms with van der Waals surface area (Å²) in [6.07, 6.45) is 8.47. The third-order valence-corrected chi connectivity index (χ3v) is 10.4. The number of nitrogens with zero attached hydrogens (tertiary/aromatic N) is 2. The summed E-state index contributed by atoms with van der Waals surface area (Å²) >= 11 is 0. The molecule has 1 spiro atoms. The van der Waals surface area contributed by atoms with Crippen LogP contribution in [0, 0.1) is 0 Å². The molecule has 3 atom stereocenters. The summed E-state index contributed by atoms with van der Waals surface area (Å²) in [6, 6.07) is 10.6. The van der Waals surface area contributed by atoms with Crippen molar-refractivity contribution in [2.75, 3.05) is 26.7 Å². The lowest BCUT2D eigenvalue weighted by Crippen LogP contribution is -2.43. The first-order valence-corrected chi connectivity index (χ1v) is 14.9. The molecular formula is C29H34N2O6S. The Kier molecular flexibility index (Phi) is 6.48. The molecule has 0 aromatic heterocycles. The number of unbranched alkanes of at least 4 members (excludes halogenated alkanes) is 3. The van der Waals surface area contributed by atoms with Crippen molar-refractivity contribution >= 4 is 15.9 Å². The molecule has 3 unspecified atom stereocenters. The molecule has 3 heterocycles. The Labute approximate surface area is 223 Å². The number of methoxy groups -OCH3 is 1. The highest BCUT2D eigenvalue weighted by Crippen LogP contribution is 2.55. The number of hydrogen-bond acceptors (Lipinski definition) is 7. The third-order valence-electron chi connectivity index (χ3n) is 8.53. The summed E-state index contributed by atoms with van der Waals surface area (Å²) in [5, 5.41) is 10.3. The van der Waals surface area contributed by atoms with Crippen molar-refractivity contribution in [1.82, 2.24) is 9.21 Å². The second-order valence-corrected chi connectivity index (χ2v) is 12.6. The molecule has 4 aliphatic rings. The SMILES string of the molecule is COc1ccc2c3c1OC1CC(O)C=CC31CCN(CCCCCCN1C(=O)c3ccccc3S1(=O)=O)C2. The average molecular weight is 539 g/mol. The first-order chi connectivity index (χ1) is 18.3. The van der Waals surface area contributed by atoms with Crippen molar-refractivity contribution in [3.05, 3.63) is 65.2 Å². The molecule has 0 fully saturated rings. The van der Waals surface area contributed by atoms with Gasteiger partial charge in [-0.1, -0.05) is 43.2 Å². The summed E-state index contributed by atoms with van der Waals surface area (Å²) in [5.41, 5.74) is 2.50. The van der Waals surface area contributed by atoms with Crippen molar-refractivity contribution in [1.29, 1.82) is 0 Å². The lowest BCUT2D eigenvalue weighted by atomic mass is 9.69. The van der Waals surface area contributed by atoms with Gasteiger partial charge in [0, 0.05) is 25.1 Å². The highest BCUT2D eigenvalue weighted by molar-refractivity contribution is 7.90. The number of fused-ring (bicyclic) bond motifs is 1. The van der Waals surface area contributed by atoms with E-state index in [2.05, 4.69) is 17.0 Å². The predicted molar refractivity (Wildman–Crippen MR) is 142 cm³/mol. The maximum atomic E-state index is 12.7. The molecule has 6 rings (SSSR count). The van der Waals surface area contributed by atoms with Crippen molar-refractivity contribution in [2.45, 2.75) is 67.6 Å². The molecule has 1 N–H and O–H groups in total. The van der Waals surface area contributed by atoms with Gasteiger partial charge in [0.25, 0.3) is 15.9 Å². The Morgan fingerprint density at radius 1 is 1.11 bits per heavy atom. The molecular weight excluding hydrogens is 504 g/mol. The quantitative estimate of drug-likeness (QED) is 0.405. The monoisotopic (exact) mass is 538 g/mol. The van der Waals surface area contributed by atoms with Crippen LogP contribution in [0.3, 0.4) is 0 Å². The second kappa shape index (κ2) is 9.70. The molecule has 1 amide bonds. The van der Waals surface area contributed by atoms with Gasteiger partial charge < -0.3 is 14.6 Å². The maximum absolute atomic E-state index is 12.7. The van der Waals surface area contributed by atoms with Gasteiger partial charge in [0.2, 0.25) is 0 Å². The largest absolute Gasteiger partial charge is 0.493 e. The highest BCUT2D eigenvalue weighted by Gasteiger charge is 2.52. The smallest absolute Gasteiger partial charge is 0.269 e. The van der Waals surface area contributed by atoms with Gasteiger partial charge >= 0.3 is 0 Å². The van der Waals surface area contributed by atoms with Gasteiger partial charge in [0.1, 0.15) is 11.0 Å².